The van der Waals surface area contributed by atoms with Crippen LogP contribution in [0.5, 0.6) is 0 Å². The minimum atomic E-state index is 0.889. The van der Waals surface area contributed by atoms with Crippen LogP contribution in [-0.2, 0) is 0 Å². The van der Waals surface area contributed by atoms with E-state index >= 15 is 0 Å². The summed E-state index contributed by atoms with van der Waals surface area (Å²) < 4.78 is 0. The van der Waals surface area contributed by atoms with Crippen LogP contribution in [0.2, 0.25) is 0 Å². The summed E-state index contributed by atoms with van der Waals surface area (Å²) in [5.74, 6) is 5.94. The molecule has 1 N–H and O–H groups in total. The highest BCUT2D eigenvalue weighted by atomic mass is 15.2. The van der Waals surface area contributed by atoms with Gasteiger partial charge >= 0.3 is 0 Å². The summed E-state index contributed by atoms with van der Waals surface area (Å²) in [5.41, 5.74) is 0. The quantitative estimate of drug-likeness (QED) is 0.612. The van der Waals surface area contributed by atoms with Gasteiger partial charge in [-0.05, 0) is 35.5 Å². The van der Waals surface area contributed by atoms with Gasteiger partial charge in [-0.3, -0.25) is 0 Å². The molecule has 1 heteroatoms. The second kappa shape index (κ2) is 2.31. The van der Waals surface area contributed by atoms with Crippen LogP contribution in [0.25, 0.3) is 0 Å². The third-order valence-corrected chi connectivity index (χ3v) is 5.43. The van der Waals surface area contributed by atoms with E-state index < -0.39 is 0 Å². The van der Waals surface area contributed by atoms with Crippen LogP contribution < -0.4 is 5.32 Å². The lowest BCUT2D eigenvalue weighted by Gasteiger charge is -2.22. The van der Waals surface area contributed by atoms with Crippen LogP contribution in [0.4, 0.5) is 0 Å². The van der Waals surface area contributed by atoms with E-state index in [4.69, 9.17) is 0 Å². The lowest BCUT2D eigenvalue weighted by molar-refractivity contribution is 0.267. The fraction of sp³-hybridized carbons (Fsp3) is 1.00. The summed E-state index contributed by atoms with van der Waals surface area (Å²) in [6.07, 6.45) is 0. The van der Waals surface area contributed by atoms with Gasteiger partial charge in [-0.25, -0.2) is 0 Å². The minimum Gasteiger partial charge on any atom is -0.308 e. The number of piperidine rings is 1. The van der Waals surface area contributed by atoms with E-state index in [1.54, 1.807) is 0 Å². The minimum absolute atomic E-state index is 0.889. The van der Waals surface area contributed by atoms with Crippen LogP contribution in [-0.4, -0.2) is 12.1 Å². The molecule has 7 unspecified atom stereocenters. The first-order valence-corrected chi connectivity index (χ1v) is 5.89. The molecular weight excluding hydrogens is 158 g/mol. The summed E-state index contributed by atoms with van der Waals surface area (Å²) >= 11 is 0. The standard InChI is InChI=1S/C12H21N/c1-5-6(2)9(5)10-7(3)8(4)11-12(10)13-11/h5-13H,1-4H3. The zero-order chi connectivity index (χ0) is 9.33. The summed E-state index contributed by atoms with van der Waals surface area (Å²) in [6, 6.07) is 1.79. The van der Waals surface area contributed by atoms with Crippen molar-refractivity contribution in [1.82, 2.24) is 5.32 Å². The Balaban J connectivity index is 1.78. The van der Waals surface area contributed by atoms with Crippen molar-refractivity contribution in [3.05, 3.63) is 0 Å². The van der Waals surface area contributed by atoms with Gasteiger partial charge in [-0.1, -0.05) is 27.7 Å². The zero-order valence-corrected chi connectivity index (χ0v) is 9.12. The Morgan fingerprint density at radius 2 is 1.15 bits per heavy atom. The maximum absolute atomic E-state index is 3.66. The van der Waals surface area contributed by atoms with E-state index in [-0.39, 0.29) is 0 Å². The van der Waals surface area contributed by atoms with Gasteiger partial charge in [0.2, 0.25) is 0 Å². The molecule has 0 radical (unpaired) electrons. The second-order valence-corrected chi connectivity index (χ2v) is 5.81. The Labute approximate surface area is 81.3 Å². The van der Waals surface area contributed by atoms with Crippen molar-refractivity contribution in [1.29, 1.82) is 0 Å². The van der Waals surface area contributed by atoms with Gasteiger partial charge in [0.25, 0.3) is 0 Å². The van der Waals surface area contributed by atoms with Crippen molar-refractivity contribution >= 4 is 0 Å². The molecule has 74 valence electrons. The number of nitrogens with one attached hydrogen (secondary N) is 1. The van der Waals surface area contributed by atoms with Crippen molar-refractivity contribution < 1.29 is 0 Å². The number of hydrogen-bond acceptors (Lipinski definition) is 1. The third kappa shape index (κ3) is 0.918. The molecule has 0 amide bonds. The van der Waals surface area contributed by atoms with Crippen LogP contribution in [0, 0.1) is 35.5 Å². The van der Waals surface area contributed by atoms with Crippen molar-refractivity contribution in [2.45, 2.75) is 39.8 Å². The Bertz CT molecular complexity index is 229. The van der Waals surface area contributed by atoms with E-state index in [0.29, 0.717) is 0 Å². The lowest BCUT2D eigenvalue weighted by atomic mass is 9.85. The van der Waals surface area contributed by atoms with Gasteiger partial charge in [0.1, 0.15) is 0 Å². The molecular formula is C12H21N. The zero-order valence-electron chi connectivity index (χ0n) is 9.12. The van der Waals surface area contributed by atoms with E-state index in [1.165, 1.54) is 0 Å². The maximum atomic E-state index is 3.66. The molecule has 0 aromatic heterocycles. The molecule has 1 saturated heterocycles. The van der Waals surface area contributed by atoms with Crippen LogP contribution in [0.15, 0.2) is 0 Å². The number of fused-ring (bicyclic) bond motifs is 1. The van der Waals surface area contributed by atoms with Crippen molar-refractivity contribution in [3.63, 3.8) is 0 Å². The van der Waals surface area contributed by atoms with Crippen molar-refractivity contribution in [2.75, 3.05) is 0 Å². The average molecular weight is 179 g/mol. The van der Waals surface area contributed by atoms with Gasteiger partial charge in [0, 0.05) is 12.1 Å². The highest BCUT2D eigenvalue weighted by molar-refractivity contribution is 5.18. The Kier molecular flexibility index (Phi) is 1.47. The van der Waals surface area contributed by atoms with Crippen molar-refractivity contribution in [2.24, 2.45) is 35.5 Å². The molecule has 0 spiro atoms. The molecule has 0 aromatic rings. The fourth-order valence-electron chi connectivity index (χ4n) is 3.99. The Hall–Kier alpha value is -0.0400. The summed E-state index contributed by atoms with van der Waals surface area (Å²) in [5, 5.41) is 3.66. The number of hydrogen-bond donors (Lipinski definition) is 1. The van der Waals surface area contributed by atoms with Gasteiger partial charge in [0.15, 0.2) is 0 Å². The molecule has 3 fully saturated rings. The maximum Gasteiger partial charge on any atom is 0.0261 e. The molecule has 3 rings (SSSR count). The second-order valence-electron chi connectivity index (χ2n) is 5.81. The fourth-order valence-corrected chi connectivity index (χ4v) is 3.99. The summed E-state index contributed by atoms with van der Waals surface area (Å²) in [6.45, 7) is 9.77. The largest absolute Gasteiger partial charge is 0.308 e. The topological polar surface area (TPSA) is 21.9 Å². The Morgan fingerprint density at radius 3 is 1.54 bits per heavy atom. The van der Waals surface area contributed by atoms with Crippen LogP contribution >= 0.6 is 0 Å². The third-order valence-electron chi connectivity index (χ3n) is 5.43. The van der Waals surface area contributed by atoms with Gasteiger partial charge in [-0.15, -0.1) is 0 Å². The SMILES string of the molecule is CC1C(C)C(C2C(C)C2C)C2NC12. The summed E-state index contributed by atoms with van der Waals surface area (Å²) in [7, 11) is 0. The van der Waals surface area contributed by atoms with Crippen molar-refractivity contribution in [3.8, 4) is 0 Å². The monoisotopic (exact) mass is 179 g/mol. The molecule has 0 aromatic carbocycles. The molecule has 13 heavy (non-hydrogen) atoms. The molecule has 1 aliphatic heterocycles. The highest BCUT2D eigenvalue weighted by Gasteiger charge is 2.63. The first-order chi connectivity index (χ1) is 6.13. The van der Waals surface area contributed by atoms with Gasteiger partial charge in [0.05, 0.1) is 0 Å². The van der Waals surface area contributed by atoms with E-state index in [1.807, 2.05) is 0 Å². The predicted octanol–water partition coefficient (Wildman–Crippen LogP) is 2.13. The van der Waals surface area contributed by atoms with Crippen LogP contribution in [0.3, 0.4) is 0 Å². The van der Waals surface area contributed by atoms with E-state index in [0.717, 1.165) is 47.6 Å². The lowest BCUT2D eigenvalue weighted by Crippen LogP contribution is -2.24. The first kappa shape index (κ1) is 8.28. The predicted molar refractivity (Wildman–Crippen MR) is 54.3 cm³/mol. The molecule has 0 bridgehead atoms. The molecule has 3 aliphatic rings. The molecule has 2 aliphatic carbocycles. The molecule has 1 heterocycles. The Morgan fingerprint density at radius 1 is 0.615 bits per heavy atom. The van der Waals surface area contributed by atoms with Gasteiger partial charge < -0.3 is 5.32 Å². The highest BCUT2D eigenvalue weighted by Crippen LogP contribution is 2.60. The average Bonchev–Trinajstić information content (AvgIpc) is 2.95. The molecule has 7 atom stereocenters. The summed E-state index contributed by atoms with van der Waals surface area (Å²) in [4.78, 5) is 0. The normalized spacial score (nSPS) is 69.2. The number of rotatable bonds is 1. The first-order valence-electron chi connectivity index (χ1n) is 5.89. The molecule has 1 nitrogen and oxygen atoms in total. The van der Waals surface area contributed by atoms with Gasteiger partial charge in [-0.2, -0.15) is 0 Å². The van der Waals surface area contributed by atoms with Crippen LogP contribution in [0.1, 0.15) is 27.7 Å². The smallest absolute Gasteiger partial charge is 0.0261 e. The molecule has 2 saturated carbocycles. The van der Waals surface area contributed by atoms with E-state index in [9.17, 15) is 0 Å². The van der Waals surface area contributed by atoms with E-state index in [2.05, 4.69) is 33.0 Å².